The van der Waals surface area contributed by atoms with Gasteiger partial charge in [-0.15, -0.1) is 5.10 Å². The summed E-state index contributed by atoms with van der Waals surface area (Å²) in [4.78, 5) is 0. The van der Waals surface area contributed by atoms with Crippen molar-refractivity contribution in [3.8, 4) is 5.69 Å². The van der Waals surface area contributed by atoms with Crippen LogP contribution in [-0.2, 0) is 12.6 Å². The van der Waals surface area contributed by atoms with Crippen LogP contribution in [0.5, 0.6) is 0 Å². The topological polar surface area (TPSA) is 42.7 Å². The number of aromatic nitrogens is 3. The van der Waals surface area contributed by atoms with Gasteiger partial charge < -0.3 is 5.32 Å². The van der Waals surface area contributed by atoms with Crippen LogP contribution in [0.15, 0.2) is 30.5 Å². The zero-order chi connectivity index (χ0) is 13.9. The number of hydrogen-bond donors (Lipinski definition) is 1. The fraction of sp³-hybridized carbons (Fsp3) is 0.333. The average Bonchev–Trinajstić information content (AvgIpc) is 2.84. The van der Waals surface area contributed by atoms with Crippen molar-refractivity contribution in [2.75, 3.05) is 13.6 Å². The molecule has 2 rings (SSSR count). The van der Waals surface area contributed by atoms with E-state index in [2.05, 4.69) is 15.6 Å². The summed E-state index contributed by atoms with van der Waals surface area (Å²) in [7, 11) is 1.82. The van der Waals surface area contributed by atoms with E-state index >= 15 is 0 Å². The van der Waals surface area contributed by atoms with E-state index in [0.717, 1.165) is 24.4 Å². The molecule has 0 aliphatic heterocycles. The van der Waals surface area contributed by atoms with E-state index in [1.54, 1.807) is 12.3 Å². The molecule has 0 unspecified atom stereocenters. The van der Waals surface area contributed by atoms with E-state index in [4.69, 9.17) is 0 Å². The third-order valence-corrected chi connectivity index (χ3v) is 2.61. The Morgan fingerprint density at radius 3 is 2.79 bits per heavy atom. The Hall–Kier alpha value is -1.89. The van der Waals surface area contributed by atoms with Crippen LogP contribution >= 0.6 is 0 Å². The summed E-state index contributed by atoms with van der Waals surface area (Å²) in [5.41, 5.74) is 0.377. The van der Waals surface area contributed by atoms with Gasteiger partial charge in [-0.05, 0) is 25.2 Å². The van der Waals surface area contributed by atoms with Crippen molar-refractivity contribution in [1.29, 1.82) is 0 Å². The number of benzene rings is 1. The minimum absolute atomic E-state index is 0.345. The normalized spacial score (nSPS) is 11.8. The summed E-state index contributed by atoms with van der Waals surface area (Å²) in [6.45, 7) is 0.737. The predicted molar refractivity (Wildman–Crippen MR) is 64.0 cm³/mol. The number of hydrogen-bond acceptors (Lipinski definition) is 3. The van der Waals surface area contributed by atoms with Crippen molar-refractivity contribution >= 4 is 0 Å². The van der Waals surface area contributed by atoms with Gasteiger partial charge in [0.1, 0.15) is 0 Å². The smallest absolute Gasteiger partial charge is 0.319 e. The lowest BCUT2D eigenvalue weighted by Gasteiger charge is -2.08. The molecular weight excluding hydrogens is 257 g/mol. The zero-order valence-corrected chi connectivity index (χ0v) is 10.3. The molecule has 1 heterocycles. The highest BCUT2D eigenvalue weighted by atomic mass is 19.4. The molecule has 0 fully saturated rings. The molecule has 1 aromatic heterocycles. The van der Waals surface area contributed by atoms with Crippen molar-refractivity contribution < 1.29 is 13.2 Å². The van der Waals surface area contributed by atoms with Gasteiger partial charge in [0.05, 0.1) is 23.1 Å². The second-order valence-electron chi connectivity index (χ2n) is 4.06. The molecule has 0 aliphatic rings. The van der Waals surface area contributed by atoms with Crippen LogP contribution in [0.4, 0.5) is 13.2 Å². The van der Waals surface area contributed by atoms with E-state index in [-0.39, 0.29) is 0 Å². The summed E-state index contributed by atoms with van der Waals surface area (Å²) >= 11 is 0. The Balaban J connectivity index is 2.24. The lowest BCUT2D eigenvalue weighted by atomic mass is 10.2. The molecule has 0 aliphatic carbocycles. The van der Waals surface area contributed by atoms with Gasteiger partial charge in [0, 0.05) is 13.0 Å². The van der Waals surface area contributed by atoms with Crippen LogP contribution in [0.1, 0.15) is 11.3 Å². The fourth-order valence-electron chi connectivity index (χ4n) is 1.62. The van der Waals surface area contributed by atoms with E-state index < -0.39 is 11.7 Å². The standard InChI is InChI=1S/C12H13F3N4/c1-16-6-5-10-8-19(18-17-10)11-4-2-3-9(7-11)12(13,14)15/h2-4,7-8,16H,5-6H2,1H3. The van der Waals surface area contributed by atoms with Gasteiger partial charge in [-0.25, -0.2) is 4.68 Å². The number of rotatable bonds is 4. The van der Waals surface area contributed by atoms with Crippen molar-refractivity contribution in [3.05, 3.63) is 41.7 Å². The van der Waals surface area contributed by atoms with Gasteiger partial charge in [0.2, 0.25) is 0 Å². The monoisotopic (exact) mass is 270 g/mol. The quantitative estimate of drug-likeness (QED) is 0.924. The van der Waals surface area contributed by atoms with E-state index in [9.17, 15) is 13.2 Å². The van der Waals surface area contributed by atoms with E-state index in [1.807, 2.05) is 7.05 Å². The molecule has 0 atom stereocenters. The Kier molecular flexibility index (Phi) is 3.84. The first-order chi connectivity index (χ1) is 9.00. The Bertz CT molecular complexity index is 548. The van der Waals surface area contributed by atoms with Crippen LogP contribution in [0.3, 0.4) is 0 Å². The van der Waals surface area contributed by atoms with Gasteiger partial charge in [0.15, 0.2) is 0 Å². The average molecular weight is 270 g/mol. The van der Waals surface area contributed by atoms with Crippen LogP contribution in [-0.4, -0.2) is 28.6 Å². The molecule has 0 spiro atoms. The van der Waals surface area contributed by atoms with Crippen LogP contribution in [0, 0.1) is 0 Å². The van der Waals surface area contributed by atoms with E-state index in [1.165, 1.54) is 10.7 Å². The molecular formula is C12H13F3N4. The molecule has 7 heteroatoms. The second-order valence-corrected chi connectivity index (χ2v) is 4.06. The Labute approximate surface area is 108 Å². The Morgan fingerprint density at radius 1 is 1.32 bits per heavy atom. The van der Waals surface area contributed by atoms with Crippen molar-refractivity contribution in [1.82, 2.24) is 20.3 Å². The van der Waals surface area contributed by atoms with Gasteiger partial charge >= 0.3 is 6.18 Å². The lowest BCUT2D eigenvalue weighted by molar-refractivity contribution is -0.137. The first kappa shape index (κ1) is 13.5. The zero-order valence-electron chi connectivity index (χ0n) is 10.3. The lowest BCUT2D eigenvalue weighted by Crippen LogP contribution is -2.10. The summed E-state index contributed by atoms with van der Waals surface area (Å²) in [6, 6.07) is 5.00. The third kappa shape index (κ3) is 3.31. The molecule has 19 heavy (non-hydrogen) atoms. The highest BCUT2D eigenvalue weighted by molar-refractivity contribution is 5.36. The molecule has 4 nitrogen and oxygen atoms in total. The number of nitrogens with zero attached hydrogens (tertiary/aromatic N) is 3. The minimum atomic E-state index is -4.36. The number of alkyl halides is 3. The summed E-state index contributed by atoms with van der Waals surface area (Å²) in [6.07, 6.45) is -2.05. The van der Waals surface area contributed by atoms with Gasteiger partial charge in [-0.3, -0.25) is 0 Å². The number of likely N-dealkylation sites (N-methyl/N-ethyl adjacent to an activating group) is 1. The van der Waals surface area contributed by atoms with E-state index in [0.29, 0.717) is 12.1 Å². The third-order valence-electron chi connectivity index (χ3n) is 2.61. The van der Waals surface area contributed by atoms with Crippen molar-refractivity contribution in [3.63, 3.8) is 0 Å². The molecule has 0 bridgehead atoms. The summed E-state index contributed by atoms with van der Waals surface area (Å²) in [5.74, 6) is 0. The van der Waals surface area contributed by atoms with Gasteiger partial charge in [-0.1, -0.05) is 11.3 Å². The molecule has 0 saturated carbocycles. The highest BCUT2D eigenvalue weighted by Gasteiger charge is 2.30. The SMILES string of the molecule is CNCCc1cn(-c2cccc(C(F)(F)F)c2)nn1. The maximum Gasteiger partial charge on any atom is 0.416 e. The molecule has 2 aromatic rings. The summed E-state index contributed by atoms with van der Waals surface area (Å²) < 4.78 is 39.2. The van der Waals surface area contributed by atoms with Crippen molar-refractivity contribution in [2.45, 2.75) is 12.6 Å². The second kappa shape index (κ2) is 5.40. The van der Waals surface area contributed by atoms with Crippen molar-refractivity contribution in [2.24, 2.45) is 0 Å². The number of nitrogens with one attached hydrogen (secondary N) is 1. The molecule has 0 amide bonds. The minimum Gasteiger partial charge on any atom is -0.319 e. The summed E-state index contributed by atoms with van der Waals surface area (Å²) in [5, 5.41) is 10.7. The fourth-order valence-corrected chi connectivity index (χ4v) is 1.62. The highest BCUT2D eigenvalue weighted by Crippen LogP contribution is 2.30. The van der Waals surface area contributed by atoms with Crippen LogP contribution in [0.25, 0.3) is 5.69 Å². The van der Waals surface area contributed by atoms with Crippen LogP contribution in [0.2, 0.25) is 0 Å². The van der Waals surface area contributed by atoms with Gasteiger partial charge in [0.25, 0.3) is 0 Å². The molecule has 0 radical (unpaired) electrons. The molecule has 1 aromatic carbocycles. The molecule has 0 saturated heterocycles. The predicted octanol–water partition coefficient (Wildman–Crippen LogP) is 2.05. The number of halogens is 3. The maximum atomic E-state index is 12.6. The van der Waals surface area contributed by atoms with Crippen LogP contribution < -0.4 is 5.32 Å². The molecule has 102 valence electrons. The largest absolute Gasteiger partial charge is 0.416 e. The molecule has 1 N–H and O–H groups in total. The first-order valence-electron chi connectivity index (χ1n) is 5.74. The first-order valence-corrected chi connectivity index (χ1v) is 5.74. The maximum absolute atomic E-state index is 12.6. The Morgan fingerprint density at radius 2 is 2.11 bits per heavy atom. The van der Waals surface area contributed by atoms with Gasteiger partial charge in [-0.2, -0.15) is 13.2 Å².